The Morgan fingerprint density at radius 2 is 2.15 bits per heavy atom. The molecule has 0 aromatic carbocycles. The second-order valence-electron chi connectivity index (χ2n) is 5.89. The lowest BCUT2D eigenvalue weighted by atomic mass is 10.1. The molecule has 0 radical (unpaired) electrons. The summed E-state index contributed by atoms with van der Waals surface area (Å²) in [5.41, 5.74) is 0.346. The molecule has 20 heavy (non-hydrogen) atoms. The van der Waals surface area contributed by atoms with Gasteiger partial charge in [0, 0.05) is 24.3 Å². The number of aromatic hydroxyl groups is 1. The Kier molecular flexibility index (Phi) is 4.16. The molecule has 1 heterocycles. The van der Waals surface area contributed by atoms with Gasteiger partial charge in [0.05, 0.1) is 0 Å². The zero-order valence-electron chi connectivity index (χ0n) is 12.3. The number of nitrogens with zero attached hydrogens (tertiary/aromatic N) is 1. The summed E-state index contributed by atoms with van der Waals surface area (Å²) in [4.78, 5) is 24.0. The van der Waals surface area contributed by atoms with Crippen molar-refractivity contribution in [1.29, 1.82) is 0 Å². The second kappa shape index (κ2) is 5.69. The van der Waals surface area contributed by atoms with Gasteiger partial charge in [-0.2, -0.15) is 0 Å². The van der Waals surface area contributed by atoms with Crippen molar-refractivity contribution < 1.29 is 9.90 Å². The van der Waals surface area contributed by atoms with Crippen LogP contribution in [0.5, 0.6) is 5.75 Å². The Balaban J connectivity index is 2.29. The van der Waals surface area contributed by atoms with Crippen molar-refractivity contribution in [3.63, 3.8) is 0 Å². The first-order valence-corrected chi connectivity index (χ1v) is 7.15. The molecule has 1 saturated carbocycles. The third kappa shape index (κ3) is 3.03. The zero-order valence-corrected chi connectivity index (χ0v) is 12.3. The summed E-state index contributed by atoms with van der Waals surface area (Å²) in [5.74, 6) is -0.313. The molecular weight excluding hydrogens is 256 g/mol. The van der Waals surface area contributed by atoms with Crippen LogP contribution in [0.2, 0.25) is 0 Å². The van der Waals surface area contributed by atoms with Gasteiger partial charge in [0.1, 0.15) is 0 Å². The Labute approximate surface area is 118 Å². The van der Waals surface area contributed by atoms with Gasteiger partial charge in [0.25, 0.3) is 5.91 Å². The zero-order chi connectivity index (χ0) is 14.9. The predicted octanol–water partition coefficient (Wildman–Crippen LogP) is 1.97. The summed E-state index contributed by atoms with van der Waals surface area (Å²) in [6.07, 6.45) is 2.83. The van der Waals surface area contributed by atoms with E-state index in [4.69, 9.17) is 0 Å². The Hall–Kier alpha value is -1.78. The summed E-state index contributed by atoms with van der Waals surface area (Å²) in [7, 11) is 0. The number of rotatable bonds is 5. The van der Waals surface area contributed by atoms with Gasteiger partial charge in [-0.3, -0.25) is 9.59 Å². The standard InChI is InChI=1S/C15H22N2O3/c1-9(2)6-7-16-15(20)13-14(19)12(18)8-10(3)17(13)11-4-5-11/h8-9,11,19H,4-7H2,1-3H3,(H,16,20). The maximum atomic E-state index is 12.3. The molecule has 1 aliphatic carbocycles. The van der Waals surface area contributed by atoms with Crippen molar-refractivity contribution in [1.82, 2.24) is 9.88 Å². The highest BCUT2D eigenvalue weighted by molar-refractivity contribution is 5.95. The number of hydrogen-bond donors (Lipinski definition) is 2. The molecule has 0 saturated heterocycles. The maximum absolute atomic E-state index is 12.3. The van der Waals surface area contributed by atoms with E-state index in [0.717, 1.165) is 25.0 Å². The molecule has 1 amide bonds. The third-order valence-corrected chi connectivity index (χ3v) is 3.55. The fraction of sp³-hybridized carbons (Fsp3) is 0.600. The lowest BCUT2D eigenvalue weighted by Crippen LogP contribution is -2.30. The molecule has 0 bridgehead atoms. The van der Waals surface area contributed by atoms with E-state index in [-0.39, 0.29) is 17.6 Å². The highest BCUT2D eigenvalue weighted by atomic mass is 16.3. The average molecular weight is 278 g/mol. The number of aryl methyl sites for hydroxylation is 1. The van der Waals surface area contributed by atoms with Gasteiger partial charge in [0.2, 0.25) is 5.43 Å². The second-order valence-corrected chi connectivity index (χ2v) is 5.89. The van der Waals surface area contributed by atoms with Crippen molar-refractivity contribution in [2.24, 2.45) is 5.92 Å². The number of aromatic nitrogens is 1. The van der Waals surface area contributed by atoms with Gasteiger partial charge in [-0.15, -0.1) is 0 Å². The molecular formula is C15H22N2O3. The molecule has 1 fully saturated rings. The number of amides is 1. The summed E-state index contributed by atoms with van der Waals surface area (Å²) < 4.78 is 1.79. The van der Waals surface area contributed by atoms with Crippen LogP contribution in [-0.4, -0.2) is 22.1 Å². The Morgan fingerprint density at radius 1 is 1.50 bits per heavy atom. The van der Waals surface area contributed by atoms with Gasteiger partial charge in [-0.1, -0.05) is 13.8 Å². The van der Waals surface area contributed by atoms with Gasteiger partial charge >= 0.3 is 0 Å². The number of pyridine rings is 1. The first kappa shape index (κ1) is 14.6. The largest absolute Gasteiger partial charge is 0.503 e. The third-order valence-electron chi connectivity index (χ3n) is 3.55. The lowest BCUT2D eigenvalue weighted by molar-refractivity contribution is 0.0937. The molecule has 2 rings (SSSR count). The number of hydrogen-bond acceptors (Lipinski definition) is 3. The first-order valence-electron chi connectivity index (χ1n) is 7.15. The minimum atomic E-state index is -0.492. The van der Waals surface area contributed by atoms with Crippen molar-refractivity contribution in [2.45, 2.75) is 46.1 Å². The fourth-order valence-corrected chi connectivity index (χ4v) is 2.31. The topological polar surface area (TPSA) is 71.3 Å². The summed E-state index contributed by atoms with van der Waals surface area (Å²) in [6.45, 7) is 6.50. The van der Waals surface area contributed by atoms with E-state index in [0.29, 0.717) is 12.5 Å². The molecule has 0 unspecified atom stereocenters. The van der Waals surface area contributed by atoms with Gasteiger partial charge < -0.3 is 15.0 Å². The van der Waals surface area contributed by atoms with Crippen LogP contribution in [0.1, 0.15) is 55.3 Å². The molecule has 1 aliphatic rings. The summed E-state index contributed by atoms with van der Waals surface area (Å²) in [6, 6.07) is 1.62. The first-order chi connectivity index (χ1) is 9.41. The lowest BCUT2D eigenvalue weighted by Gasteiger charge is -2.17. The molecule has 1 aromatic rings. The van der Waals surface area contributed by atoms with E-state index >= 15 is 0 Å². The van der Waals surface area contributed by atoms with Crippen LogP contribution in [-0.2, 0) is 0 Å². The molecule has 110 valence electrons. The van der Waals surface area contributed by atoms with E-state index < -0.39 is 11.2 Å². The molecule has 0 spiro atoms. The summed E-state index contributed by atoms with van der Waals surface area (Å²) >= 11 is 0. The van der Waals surface area contributed by atoms with Crippen LogP contribution >= 0.6 is 0 Å². The summed E-state index contributed by atoms with van der Waals surface area (Å²) in [5, 5.41) is 12.8. The molecule has 0 aliphatic heterocycles. The Bertz CT molecular complexity index is 571. The smallest absolute Gasteiger partial charge is 0.271 e. The SMILES string of the molecule is Cc1cc(=O)c(O)c(C(=O)NCCC(C)C)n1C1CC1. The normalized spacial score (nSPS) is 14.6. The van der Waals surface area contributed by atoms with E-state index in [2.05, 4.69) is 19.2 Å². The molecule has 1 aromatic heterocycles. The minimum Gasteiger partial charge on any atom is -0.503 e. The van der Waals surface area contributed by atoms with Gasteiger partial charge in [0.15, 0.2) is 11.4 Å². The molecule has 0 atom stereocenters. The maximum Gasteiger partial charge on any atom is 0.271 e. The van der Waals surface area contributed by atoms with Crippen LogP contribution in [0.25, 0.3) is 0 Å². The number of nitrogens with one attached hydrogen (secondary N) is 1. The predicted molar refractivity (Wildman–Crippen MR) is 77.2 cm³/mol. The van der Waals surface area contributed by atoms with Crippen molar-refractivity contribution >= 4 is 5.91 Å². The van der Waals surface area contributed by atoms with Gasteiger partial charge in [-0.05, 0) is 32.1 Å². The molecule has 2 N–H and O–H groups in total. The number of carbonyl (C=O) groups is 1. The van der Waals surface area contributed by atoms with Crippen LogP contribution < -0.4 is 10.7 Å². The Morgan fingerprint density at radius 3 is 2.70 bits per heavy atom. The quantitative estimate of drug-likeness (QED) is 0.865. The highest BCUT2D eigenvalue weighted by Gasteiger charge is 2.30. The van der Waals surface area contributed by atoms with E-state index in [1.807, 2.05) is 0 Å². The highest BCUT2D eigenvalue weighted by Crippen LogP contribution is 2.38. The van der Waals surface area contributed by atoms with Crippen LogP contribution in [0.15, 0.2) is 10.9 Å². The van der Waals surface area contributed by atoms with Crippen molar-refractivity contribution in [2.75, 3.05) is 6.54 Å². The van der Waals surface area contributed by atoms with E-state index in [1.165, 1.54) is 6.07 Å². The number of carbonyl (C=O) groups excluding carboxylic acids is 1. The van der Waals surface area contributed by atoms with E-state index in [1.54, 1.807) is 11.5 Å². The van der Waals surface area contributed by atoms with Crippen LogP contribution in [0.3, 0.4) is 0 Å². The monoisotopic (exact) mass is 278 g/mol. The molecule has 5 nitrogen and oxygen atoms in total. The fourth-order valence-electron chi connectivity index (χ4n) is 2.31. The van der Waals surface area contributed by atoms with Crippen molar-refractivity contribution in [3.8, 4) is 5.75 Å². The van der Waals surface area contributed by atoms with Crippen LogP contribution in [0.4, 0.5) is 0 Å². The van der Waals surface area contributed by atoms with Crippen LogP contribution in [0, 0.1) is 12.8 Å². The average Bonchev–Trinajstić information content (AvgIpc) is 3.16. The van der Waals surface area contributed by atoms with Gasteiger partial charge in [-0.25, -0.2) is 0 Å². The van der Waals surface area contributed by atoms with E-state index in [9.17, 15) is 14.7 Å². The molecule has 5 heteroatoms. The van der Waals surface area contributed by atoms with Crippen molar-refractivity contribution in [3.05, 3.63) is 27.7 Å². The minimum absolute atomic E-state index is 0.112.